The lowest BCUT2D eigenvalue weighted by atomic mass is 10.1. The van der Waals surface area contributed by atoms with Gasteiger partial charge in [-0.3, -0.25) is 0 Å². The standard InChI is InChI=1S/C13H18BrNO2/c1-9(15)12-6-11(14)4-5-13(12)17-8-16-7-10-2-3-10/h4-6,9-10H,2-3,7-8,15H2,1H3/t9-/m0/s1. The van der Waals surface area contributed by atoms with Crippen LogP contribution < -0.4 is 10.5 Å². The molecular weight excluding hydrogens is 282 g/mol. The summed E-state index contributed by atoms with van der Waals surface area (Å²) in [5.74, 6) is 1.57. The van der Waals surface area contributed by atoms with Crippen LogP contribution in [0.25, 0.3) is 0 Å². The molecule has 2 N–H and O–H groups in total. The van der Waals surface area contributed by atoms with Crippen LogP contribution in [0.2, 0.25) is 0 Å². The highest BCUT2D eigenvalue weighted by Gasteiger charge is 2.21. The third-order valence-corrected chi connectivity index (χ3v) is 3.30. The highest BCUT2D eigenvalue weighted by atomic mass is 79.9. The Morgan fingerprint density at radius 1 is 1.47 bits per heavy atom. The summed E-state index contributed by atoms with van der Waals surface area (Å²) in [6.07, 6.45) is 2.59. The van der Waals surface area contributed by atoms with Crippen molar-refractivity contribution in [1.82, 2.24) is 0 Å². The fourth-order valence-corrected chi connectivity index (χ4v) is 1.99. The molecule has 4 heteroatoms. The summed E-state index contributed by atoms with van der Waals surface area (Å²) < 4.78 is 12.1. The third-order valence-electron chi connectivity index (χ3n) is 2.81. The van der Waals surface area contributed by atoms with Gasteiger partial charge in [0.05, 0.1) is 6.61 Å². The van der Waals surface area contributed by atoms with Gasteiger partial charge in [0.25, 0.3) is 0 Å². The second kappa shape index (κ2) is 5.85. The maximum atomic E-state index is 5.90. The minimum Gasteiger partial charge on any atom is -0.467 e. The Morgan fingerprint density at radius 3 is 2.88 bits per heavy atom. The van der Waals surface area contributed by atoms with Crippen molar-refractivity contribution in [3.05, 3.63) is 28.2 Å². The van der Waals surface area contributed by atoms with Crippen molar-refractivity contribution < 1.29 is 9.47 Å². The molecule has 0 aliphatic heterocycles. The van der Waals surface area contributed by atoms with Crippen molar-refractivity contribution in [3.8, 4) is 5.75 Å². The molecule has 1 aliphatic carbocycles. The summed E-state index contributed by atoms with van der Waals surface area (Å²) in [6.45, 7) is 3.06. The zero-order valence-electron chi connectivity index (χ0n) is 9.99. The van der Waals surface area contributed by atoms with Crippen LogP contribution in [0.15, 0.2) is 22.7 Å². The van der Waals surface area contributed by atoms with Crippen molar-refractivity contribution in [2.75, 3.05) is 13.4 Å². The van der Waals surface area contributed by atoms with Gasteiger partial charge in [-0.15, -0.1) is 0 Å². The molecule has 1 atom stereocenters. The number of rotatable bonds is 6. The van der Waals surface area contributed by atoms with Gasteiger partial charge in [0, 0.05) is 16.1 Å². The van der Waals surface area contributed by atoms with Crippen LogP contribution in [0.4, 0.5) is 0 Å². The normalized spacial score (nSPS) is 16.9. The van der Waals surface area contributed by atoms with Crippen molar-refractivity contribution in [3.63, 3.8) is 0 Å². The van der Waals surface area contributed by atoms with E-state index in [2.05, 4.69) is 15.9 Å². The molecule has 0 aromatic heterocycles. The van der Waals surface area contributed by atoms with E-state index in [0.29, 0.717) is 6.79 Å². The van der Waals surface area contributed by atoms with Gasteiger partial charge in [-0.1, -0.05) is 15.9 Å². The van der Waals surface area contributed by atoms with Gasteiger partial charge in [0.2, 0.25) is 0 Å². The van der Waals surface area contributed by atoms with Crippen LogP contribution in [0.3, 0.4) is 0 Å². The Hall–Kier alpha value is -0.580. The molecule has 1 aliphatic rings. The Labute approximate surface area is 110 Å². The summed E-state index contributed by atoms with van der Waals surface area (Å²) in [5, 5.41) is 0. The SMILES string of the molecule is C[C@H](N)c1cc(Br)ccc1OCOCC1CC1. The molecule has 0 saturated heterocycles. The number of halogens is 1. The van der Waals surface area contributed by atoms with Crippen LogP contribution in [-0.2, 0) is 4.74 Å². The zero-order chi connectivity index (χ0) is 12.3. The second-order valence-corrected chi connectivity index (χ2v) is 5.46. The van der Waals surface area contributed by atoms with Crippen LogP contribution in [0.1, 0.15) is 31.4 Å². The molecule has 0 heterocycles. The first-order valence-electron chi connectivity index (χ1n) is 5.92. The van der Waals surface area contributed by atoms with Crippen molar-refractivity contribution in [2.24, 2.45) is 11.7 Å². The van der Waals surface area contributed by atoms with Crippen molar-refractivity contribution >= 4 is 15.9 Å². The first kappa shape index (κ1) is 12.9. The van der Waals surface area contributed by atoms with Gasteiger partial charge in [0.15, 0.2) is 6.79 Å². The molecule has 94 valence electrons. The number of nitrogens with two attached hydrogens (primary N) is 1. The lowest BCUT2D eigenvalue weighted by Crippen LogP contribution is -2.10. The van der Waals surface area contributed by atoms with Gasteiger partial charge in [-0.2, -0.15) is 0 Å². The van der Waals surface area contributed by atoms with Crippen LogP contribution in [0, 0.1) is 5.92 Å². The molecule has 0 unspecified atom stereocenters. The van der Waals surface area contributed by atoms with E-state index in [4.69, 9.17) is 15.2 Å². The zero-order valence-corrected chi connectivity index (χ0v) is 11.6. The first-order valence-corrected chi connectivity index (χ1v) is 6.71. The van der Waals surface area contributed by atoms with E-state index in [1.54, 1.807) is 0 Å². The van der Waals surface area contributed by atoms with E-state index < -0.39 is 0 Å². The van der Waals surface area contributed by atoms with Gasteiger partial charge in [0.1, 0.15) is 5.75 Å². The van der Waals surface area contributed by atoms with Crippen molar-refractivity contribution in [2.45, 2.75) is 25.8 Å². The average molecular weight is 300 g/mol. The quantitative estimate of drug-likeness (QED) is 0.648. The smallest absolute Gasteiger partial charge is 0.189 e. The van der Waals surface area contributed by atoms with Gasteiger partial charge in [-0.25, -0.2) is 0 Å². The molecule has 1 fully saturated rings. The maximum absolute atomic E-state index is 5.90. The monoisotopic (exact) mass is 299 g/mol. The fraction of sp³-hybridized carbons (Fsp3) is 0.538. The van der Waals surface area contributed by atoms with Crippen molar-refractivity contribution in [1.29, 1.82) is 0 Å². The Morgan fingerprint density at radius 2 is 2.24 bits per heavy atom. The highest BCUT2D eigenvalue weighted by molar-refractivity contribution is 9.10. The summed E-state index contributed by atoms with van der Waals surface area (Å²) in [4.78, 5) is 0. The second-order valence-electron chi connectivity index (χ2n) is 4.55. The third kappa shape index (κ3) is 3.98. The van der Waals surface area contributed by atoms with E-state index in [1.165, 1.54) is 12.8 Å². The molecule has 0 bridgehead atoms. The van der Waals surface area contributed by atoms with Crippen LogP contribution in [0.5, 0.6) is 5.75 Å². The molecule has 1 aromatic carbocycles. The minimum atomic E-state index is -0.0501. The molecule has 1 aromatic rings. The number of benzene rings is 1. The van der Waals surface area contributed by atoms with Gasteiger partial charge < -0.3 is 15.2 Å². The highest BCUT2D eigenvalue weighted by Crippen LogP contribution is 2.29. The fourth-order valence-electron chi connectivity index (χ4n) is 1.61. The van der Waals surface area contributed by atoms with E-state index in [-0.39, 0.29) is 6.04 Å². The molecule has 0 amide bonds. The van der Waals surface area contributed by atoms with E-state index in [0.717, 1.165) is 28.3 Å². The maximum Gasteiger partial charge on any atom is 0.189 e. The van der Waals surface area contributed by atoms with E-state index >= 15 is 0 Å². The van der Waals surface area contributed by atoms with Gasteiger partial charge >= 0.3 is 0 Å². The molecule has 3 nitrogen and oxygen atoms in total. The molecule has 2 rings (SSSR count). The molecular formula is C13H18BrNO2. The summed E-state index contributed by atoms with van der Waals surface area (Å²) in [5.41, 5.74) is 6.90. The summed E-state index contributed by atoms with van der Waals surface area (Å²) in [6, 6.07) is 5.80. The lowest BCUT2D eigenvalue weighted by Gasteiger charge is -2.14. The lowest BCUT2D eigenvalue weighted by molar-refractivity contribution is 0.00933. The Bertz CT molecular complexity index is 378. The number of hydrogen-bond acceptors (Lipinski definition) is 3. The van der Waals surface area contributed by atoms with E-state index in [1.807, 2.05) is 25.1 Å². The Kier molecular flexibility index (Phi) is 4.42. The molecule has 1 saturated carbocycles. The predicted octanol–water partition coefficient (Wildman–Crippen LogP) is 3.23. The molecule has 0 spiro atoms. The summed E-state index contributed by atoms with van der Waals surface area (Å²) in [7, 11) is 0. The molecule has 17 heavy (non-hydrogen) atoms. The minimum absolute atomic E-state index is 0.0501. The van der Waals surface area contributed by atoms with Gasteiger partial charge in [-0.05, 0) is 43.9 Å². The predicted molar refractivity (Wildman–Crippen MR) is 70.9 cm³/mol. The topological polar surface area (TPSA) is 44.5 Å². The van der Waals surface area contributed by atoms with Crippen LogP contribution in [-0.4, -0.2) is 13.4 Å². The van der Waals surface area contributed by atoms with Crippen LogP contribution >= 0.6 is 15.9 Å². The largest absolute Gasteiger partial charge is 0.467 e. The average Bonchev–Trinajstić information content (AvgIpc) is 3.09. The first-order chi connectivity index (χ1) is 8.16. The summed E-state index contributed by atoms with van der Waals surface area (Å²) >= 11 is 3.43. The number of ether oxygens (including phenoxy) is 2. The Balaban J connectivity index is 1.89. The van der Waals surface area contributed by atoms with E-state index in [9.17, 15) is 0 Å². The number of hydrogen-bond donors (Lipinski definition) is 1. The molecule has 0 radical (unpaired) electrons.